The van der Waals surface area contributed by atoms with Gasteiger partial charge in [0.1, 0.15) is 5.52 Å². The first-order chi connectivity index (χ1) is 14.9. The molecule has 0 saturated heterocycles. The molecule has 0 unspecified atom stereocenters. The van der Waals surface area contributed by atoms with Crippen LogP contribution in [0.25, 0.3) is 22.3 Å². The summed E-state index contributed by atoms with van der Waals surface area (Å²) in [7, 11) is -1.07. The molecule has 4 rings (SSSR count). The Bertz CT molecular complexity index is 1370. The molecule has 13 heteroatoms. The van der Waals surface area contributed by atoms with Crippen LogP contribution in [0, 0.1) is 5.92 Å². The van der Waals surface area contributed by atoms with Crippen LogP contribution < -0.4 is 15.0 Å². The van der Waals surface area contributed by atoms with E-state index >= 15 is 0 Å². The second kappa shape index (κ2) is 7.50. The van der Waals surface area contributed by atoms with Gasteiger partial charge in [0.15, 0.2) is 11.6 Å². The number of imidazole rings is 1. The van der Waals surface area contributed by atoms with Crippen molar-refractivity contribution in [1.29, 1.82) is 0 Å². The van der Waals surface area contributed by atoms with Crippen LogP contribution in [0.3, 0.4) is 0 Å². The number of aromatic nitrogens is 4. The lowest BCUT2D eigenvalue weighted by Gasteiger charge is -2.12. The highest BCUT2D eigenvalue weighted by Gasteiger charge is 2.39. The van der Waals surface area contributed by atoms with Gasteiger partial charge in [-0.3, -0.25) is 9.52 Å². The first kappa shape index (κ1) is 22.1. The largest absolute Gasteiger partial charge is 0.491 e. The minimum Gasteiger partial charge on any atom is -0.491 e. The Morgan fingerprint density at radius 2 is 1.94 bits per heavy atom. The molecule has 3 aromatic rings. The van der Waals surface area contributed by atoms with E-state index in [9.17, 15) is 26.4 Å². The smallest absolute Gasteiger partial charge is 0.449 e. The molecule has 172 valence electrons. The molecular weight excluding hydrogens is 451 g/mol. The first-order valence-electron chi connectivity index (χ1n) is 9.58. The van der Waals surface area contributed by atoms with E-state index in [-0.39, 0.29) is 40.8 Å². The highest BCUT2D eigenvalue weighted by molar-refractivity contribution is 7.92. The van der Waals surface area contributed by atoms with Gasteiger partial charge in [0.25, 0.3) is 5.56 Å². The Balaban J connectivity index is 2.03. The zero-order chi connectivity index (χ0) is 23.4. The number of rotatable bonds is 6. The number of hydrogen-bond donors (Lipinski definition) is 1. The molecule has 0 aliphatic heterocycles. The highest BCUT2D eigenvalue weighted by Crippen LogP contribution is 2.39. The van der Waals surface area contributed by atoms with Crippen LogP contribution >= 0.6 is 0 Å². The van der Waals surface area contributed by atoms with E-state index in [2.05, 4.69) is 14.7 Å². The molecule has 32 heavy (non-hydrogen) atoms. The van der Waals surface area contributed by atoms with Crippen molar-refractivity contribution < 1.29 is 26.3 Å². The Kier molecular flexibility index (Phi) is 5.18. The summed E-state index contributed by atoms with van der Waals surface area (Å²) < 4.78 is 74.6. The third kappa shape index (κ3) is 4.29. The van der Waals surface area contributed by atoms with Crippen molar-refractivity contribution in [3.05, 3.63) is 34.5 Å². The molecule has 1 N–H and O–H groups in total. The van der Waals surface area contributed by atoms with Gasteiger partial charge in [0.2, 0.25) is 15.8 Å². The van der Waals surface area contributed by atoms with E-state index in [1.807, 2.05) is 0 Å². The number of hydrogen-bond acceptors (Lipinski definition) is 6. The van der Waals surface area contributed by atoms with Crippen LogP contribution in [0.2, 0.25) is 0 Å². The number of aryl methyl sites for hydroxylation is 1. The lowest BCUT2D eigenvalue weighted by atomic mass is 10.1. The quantitative estimate of drug-likeness (QED) is 0.592. The van der Waals surface area contributed by atoms with Gasteiger partial charge in [-0.1, -0.05) is 0 Å². The number of ether oxygens (including phenoxy) is 1. The first-order valence-corrected chi connectivity index (χ1v) is 11.5. The number of pyridine rings is 2. The number of sulfonamides is 1. The van der Waals surface area contributed by atoms with E-state index in [4.69, 9.17) is 4.74 Å². The van der Waals surface area contributed by atoms with Gasteiger partial charge in [-0.15, -0.1) is 0 Å². The van der Waals surface area contributed by atoms with Gasteiger partial charge in [0.05, 0.1) is 24.6 Å². The molecule has 3 aromatic heterocycles. The molecule has 1 aliphatic rings. The fraction of sp³-hybridized carbons (Fsp3) is 0.421. The summed E-state index contributed by atoms with van der Waals surface area (Å²) in [6.07, 6.45) is -0.817. The Hall–Kier alpha value is -3.09. The lowest BCUT2D eigenvalue weighted by Crippen LogP contribution is -2.18. The summed E-state index contributed by atoms with van der Waals surface area (Å²) in [6.45, 7) is 0.101. The number of nitrogens with zero attached hydrogens (tertiary/aromatic N) is 4. The van der Waals surface area contributed by atoms with E-state index in [1.165, 1.54) is 37.1 Å². The molecule has 1 fully saturated rings. The summed E-state index contributed by atoms with van der Waals surface area (Å²) in [4.78, 5) is 20.1. The van der Waals surface area contributed by atoms with Crippen molar-refractivity contribution in [1.82, 2.24) is 19.1 Å². The van der Waals surface area contributed by atoms with Crippen LogP contribution in [-0.4, -0.2) is 40.9 Å². The molecular formula is C19H20F3N5O4S. The molecule has 0 radical (unpaired) electrons. The van der Waals surface area contributed by atoms with Crippen LogP contribution in [0.4, 0.5) is 19.0 Å². The van der Waals surface area contributed by atoms with Crippen molar-refractivity contribution in [3.8, 4) is 17.0 Å². The maximum Gasteiger partial charge on any atom is 0.449 e. The van der Waals surface area contributed by atoms with Gasteiger partial charge < -0.3 is 13.9 Å². The summed E-state index contributed by atoms with van der Waals surface area (Å²) >= 11 is 0. The van der Waals surface area contributed by atoms with Gasteiger partial charge in [-0.05, 0) is 30.9 Å². The summed E-state index contributed by atoms with van der Waals surface area (Å²) in [5.41, 5.74) is -0.0135. The minimum absolute atomic E-state index is 0.00647. The summed E-state index contributed by atoms with van der Waals surface area (Å²) in [6, 6.07) is 2.81. The number of methoxy groups -OCH3 is 1. The van der Waals surface area contributed by atoms with Crippen molar-refractivity contribution in [2.24, 2.45) is 13.0 Å². The molecule has 0 spiro atoms. The number of alkyl halides is 3. The van der Waals surface area contributed by atoms with Crippen molar-refractivity contribution in [2.75, 3.05) is 18.1 Å². The monoisotopic (exact) mass is 471 g/mol. The lowest BCUT2D eigenvalue weighted by molar-refractivity contribution is -0.147. The van der Waals surface area contributed by atoms with Crippen LogP contribution in [-0.2, 0) is 29.8 Å². The number of halogens is 3. The zero-order valence-corrected chi connectivity index (χ0v) is 18.2. The SMILES string of the molecule is COc1cc(-c2cc3c(nc(C(F)(F)F)n3CC3CC3)c(NS(C)(=O)=O)n2)cn(C)c1=O. The second-order valence-electron chi connectivity index (χ2n) is 7.80. The maximum absolute atomic E-state index is 13.7. The van der Waals surface area contributed by atoms with Crippen LogP contribution in [0.1, 0.15) is 18.7 Å². The fourth-order valence-electron chi connectivity index (χ4n) is 3.44. The fourth-order valence-corrected chi connectivity index (χ4v) is 3.94. The standard InChI is InChI=1S/C19H20F3N5O4S/c1-26-9-11(6-14(31-2)17(26)28)12-7-13-15(16(23-12)25-32(3,29)30)24-18(19(20,21)22)27(13)8-10-4-5-10/h6-7,9-10H,4-5,8H2,1-3H3,(H,23,25). The predicted octanol–water partition coefficient (Wildman–Crippen LogP) is 2.61. The van der Waals surface area contributed by atoms with Gasteiger partial charge in [-0.25, -0.2) is 18.4 Å². The van der Waals surface area contributed by atoms with Crippen LogP contribution in [0.5, 0.6) is 5.75 Å². The molecule has 0 bridgehead atoms. The van der Waals surface area contributed by atoms with Crippen molar-refractivity contribution in [3.63, 3.8) is 0 Å². The summed E-state index contributed by atoms with van der Waals surface area (Å²) in [5, 5.41) is 0. The van der Waals surface area contributed by atoms with E-state index in [0.717, 1.165) is 23.7 Å². The average molecular weight is 471 g/mol. The van der Waals surface area contributed by atoms with Crippen molar-refractivity contribution >= 4 is 26.9 Å². The molecule has 9 nitrogen and oxygen atoms in total. The van der Waals surface area contributed by atoms with Crippen molar-refractivity contribution in [2.45, 2.75) is 25.6 Å². The Morgan fingerprint density at radius 1 is 1.25 bits per heavy atom. The minimum atomic E-state index is -4.74. The van der Waals surface area contributed by atoms with E-state index < -0.39 is 27.6 Å². The number of anilines is 1. The van der Waals surface area contributed by atoms with Gasteiger partial charge in [-0.2, -0.15) is 13.2 Å². The third-order valence-corrected chi connectivity index (χ3v) is 5.64. The molecule has 0 atom stereocenters. The second-order valence-corrected chi connectivity index (χ2v) is 9.55. The third-order valence-electron chi connectivity index (χ3n) is 5.08. The normalized spacial score (nSPS) is 14.7. The molecule has 0 aromatic carbocycles. The van der Waals surface area contributed by atoms with Crippen LogP contribution in [0.15, 0.2) is 23.1 Å². The molecule has 1 aliphatic carbocycles. The zero-order valence-electron chi connectivity index (χ0n) is 17.4. The molecule has 1 saturated carbocycles. The van der Waals surface area contributed by atoms with Gasteiger partial charge in [0, 0.05) is 25.4 Å². The number of nitrogens with one attached hydrogen (secondary N) is 1. The summed E-state index contributed by atoms with van der Waals surface area (Å²) in [5.74, 6) is -1.35. The molecule has 0 amide bonds. The van der Waals surface area contributed by atoms with Gasteiger partial charge >= 0.3 is 6.18 Å². The maximum atomic E-state index is 13.7. The predicted molar refractivity (Wildman–Crippen MR) is 111 cm³/mol. The molecule has 3 heterocycles. The Morgan fingerprint density at radius 3 is 2.50 bits per heavy atom. The Labute approximate surface area is 180 Å². The number of fused-ring (bicyclic) bond motifs is 1. The van der Waals surface area contributed by atoms with E-state index in [0.29, 0.717) is 5.56 Å². The topological polar surface area (TPSA) is 108 Å². The highest BCUT2D eigenvalue weighted by atomic mass is 32.2. The average Bonchev–Trinajstić information content (AvgIpc) is 3.41. The van der Waals surface area contributed by atoms with E-state index in [1.54, 1.807) is 0 Å².